The third kappa shape index (κ3) is 4.20. The average molecular weight is 380 g/mol. The minimum absolute atomic E-state index is 0.0599. The topological polar surface area (TPSA) is 45.7 Å². The van der Waals surface area contributed by atoms with Gasteiger partial charge in [0.2, 0.25) is 5.91 Å². The van der Waals surface area contributed by atoms with Crippen LogP contribution in [-0.2, 0) is 11.3 Å². The minimum Gasteiger partial charge on any atom is -0.489 e. The van der Waals surface area contributed by atoms with E-state index in [-0.39, 0.29) is 18.1 Å². The second-order valence-corrected chi connectivity index (χ2v) is 8.06. The highest BCUT2D eigenvalue weighted by molar-refractivity contribution is 5.79. The van der Waals surface area contributed by atoms with Crippen LogP contribution in [-0.4, -0.2) is 46.4 Å². The normalized spacial score (nSPS) is 22.9. The summed E-state index contributed by atoms with van der Waals surface area (Å²) in [4.78, 5) is 22.1. The maximum absolute atomic E-state index is 13.3. The summed E-state index contributed by atoms with van der Waals surface area (Å²) in [5.74, 6) is 1.14. The lowest BCUT2D eigenvalue weighted by atomic mass is 9.98. The molecule has 0 unspecified atom stereocenters. The summed E-state index contributed by atoms with van der Waals surface area (Å²) >= 11 is 0. The van der Waals surface area contributed by atoms with Crippen LogP contribution >= 0.6 is 0 Å². The van der Waals surface area contributed by atoms with Gasteiger partial charge in [-0.3, -0.25) is 14.7 Å². The van der Waals surface area contributed by atoms with E-state index in [1.807, 2.05) is 35.4 Å². The second kappa shape index (κ2) is 8.31. The fraction of sp³-hybridized carbons (Fsp3) is 0.478. The molecule has 2 aliphatic rings. The summed E-state index contributed by atoms with van der Waals surface area (Å²) < 4.78 is 6.08. The van der Waals surface area contributed by atoms with E-state index in [0.29, 0.717) is 6.54 Å². The standard InChI is InChI=1S/C23H29N3O2/c1-17-9-10-22-19(13-17)15-25(14-18(2)28-22)16-23(27)26-12-6-4-8-21(26)20-7-3-5-11-24-20/h3,5,7,9-11,13,18,21H,4,6,8,12,14-16H2,1-2H3/t18-,21+/m0/s1. The quantitative estimate of drug-likeness (QED) is 0.815. The Bertz CT molecular complexity index is 824. The van der Waals surface area contributed by atoms with Crippen LogP contribution in [0.15, 0.2) is 42.6 Å². The molecule has 1 saturated heterocycles. The van der Waals surface area contributed by atoms with Crippen molar-refractivity contribution in [2.75, 3.05) is 19.6 Å². The van der Waals surface area contributed by atoms with E-state index >= 15 is 0 Å². The number of amides is 1. The molecule has 1 amide bonds. The van der Waals surface area contributed by atoms with Crippen LogP contribution in [0.3, 0.4) is 0 Å². The maximum Gasteiger partial charge on any atom is 0.237 e. The Hall–Kier alpha value is -2.40. The molecule has 0 spiro atoms. The van der Waals surface area contributed by atoms with Crippen LogP contribution in [0.25, 0.3) is 0 Å². The van der Waals surface area contributed by atoms with Crippen molar-refractivity contribution in [1.29, 1.82) is 0 Å². The van der Waals surface area contributed by atoms with Crippen molar-refractivity contribution in [3.05, 3.63) is 59.4 Å². The van der Waals surface area contributed by atoms with Crippen LogP contribution < -0.4 is 4.74 Å². The van der Waals surface area contributed by atoms with Gasteiger partial charge >= 0.3 is 0 Å². The van der Waals surface area contributed by atoms with Crippen LogP contribution in [0.5, 0.6) is 5.75 Å². The molecule has 1 aromatic carbocycles. The highest BCUT2D eigenvalue weighted by Crippen LogP contribution is 2.30. The van der Waals surface area contributed by atoms with Gasteiger partial charge in [0, 0.05) is 31.4 Å². The predicted molar refractivity (Wildman–Crippen MR) is 109 cm³/mol. The van der Waals surface area contributed by atoms with Gasteiger partial charge in [-0.1, -0.05) is 23.8 Å². The molecular formula is C23H29N3O2. The molecule has 1 fully saturated rings. The summed E-state index contributed by atoms with van der Waals surface area (Å²) in [6.45, 7) is 6.90. The van der Waals surface area contributed by atoms with E-state index in [4.69, 9.17) is 4.74 Å². The number of carbonyl (C=O) groups excluding carboxylic acids is 1. The summed E-state index contributed by atoms with van der Waals surface area (Å²) in [5, 5.41) is 0. The van der Waals surface area contributed by atoms with Gasteiger partial charge in [0.25, 0.3) is 0 Å². The van der Waals surface area contributed by atoms with Gasteiger partial charge < -0.3 is 9.64 Å². The van der Waals surface area contributed by atoms with Crippen LogP contribution in [0.1, 0.15) is 49.0 Å². The highest BCUT2D eigenvalue weighted by Gasteiger charge is 2.30. The molecule has 5 nitrogen and oxygen atoms in total. The number of hydrogen-bond acceptors (Lipinski definition) is 4. The number of ether oxygens (including phenoxy) is 1. The molecule has 148 valence electrons. The van der Waals surface area contributed by atoms with Gasteiger partial charge in [-0.15, -0.1) is 0 Å². The Labute approximate surface area is 167 Å². The highest BCUT2D eigenvalue weighted by atomic mass is 16.5. The smallest absolute Gasteiger partial charge is 0.237 e. The lowest BCUT2D eigenvalue weighted by Gasteiger charge is -2.36. The van der Waals surface area contributed by atoms with Gasteiger partial charge in [-0.05, 0) is 51.3 Å². The van der Waals surface area contributed by atoms with Crippen molar-refractivity contribution in [2.24, 2.45) is 0 Å². The fourth-order valence-corrected chi connectivity index (χ4v) is 4.38. The maximum atomic E-state index is 13.3. The van der Waals surface area contributed by atoms with E-state index in [1.54, 1.807) is 0 Å². The number of nitrogens with zero attached hydrogens (tertiary/aromatic N) is 3. The van der Waals surface area contributed by atoms with Crippen LogP contribution in [0, 0.1) is 6.92 Å². The van der Waals surface area contributed by atoms with Crippen molar-refractivity contribution in [3.8, 4) is 5.75 Å². The molecule has 2 atom stereocenters. The van der Waals surface area contributed by atoms with Gasteiger partial charge in [0.1, 0.15) is 11.9 Å². The summed E-state index contributed by atoms with van der Waals surface area (Å²) in [6.07, 6.45) is 5.08. The zero-order valence-electron chi connectivity index (χ0n) is 16.8. The number of aryl methyl sites for hydroxylation is 1. The van der Waals surface area contributed by atoms with E-state index in [2.05, 4.69) is 35.9 Å². The third-order valence-electron chi connectivity index (χ3n) is 5.66. The lowest BCUT2D eigenvalue weighted by molar-refractivity contribution is -0.136. The van der Waals surface area contributed by atoms with Crippen LogP contribution in [0.2, 0.25) is 0 Å². The Balaban J connectivity index is 1.50. The third-order valence-corrected chi connectivity index (χ3v) is 5.66. The summed E-state index contributed by atoms with van der Waals surface area (Å²) in [7, 11) is 0. The van der Waals surface area contributed by atoms with E-state index in [0.717, 1.165) is 55.9 Å². The fourth-order valence-electron chi connectivity index (χ4n) is 4.38. The van der Waals surface area contributed by atoms with Gasteiger partial charge in [0.15, 0.2) is 0 Å². The van der Waals surface area contributed by atoms with Crippen molar-refractivity contribution in [3.63, 3.8) is 0 Å². The molecule has 4 rings (SSSR count). The summed E-state index contributed by atoms with van der Waals surface area (Å²) in [6, 6.07) is 12.4. The molecule has 1 aromatic heterocycles. The largest absolute Gasteiger partial charge is 0.489 e. The Morgan fingerprint density at radius 3 is 2.96 bits per heavy atom. The van der Waals surface area contributed by atoms with Crippen LogP contribution in [0.4, 0.5) is 0 Å². The molecule has 0 N–H and O–H groups in total. The van der Waals surface area contributed by atoms with E-state index in [9.17, 15) is 4.79 Å². The molecule has 0 aliphatic carbocycles. The zero-order chi connectivity index (χ0) is 19.5. The monoisotopic (exact) mass is 379 g/mol. The second-order valence-electron chi connectivity index (χ2n) is 8.06. The number of aromatic nitrogens is 1. The lowest BCUT2D eigenvalue weighted by Crippen LogP contribution is -2.45. The van der Waals surface area contributed by atoms with Crippen molar-refractivity contribution < 1.29 is 9.53 Å². The zero-order valence-corrected chi connectivity index (χ0v) is 16.8. The van der Waals surface area contributed by atoms with E-state index in [1.165, 1.54) is 5.56 Å². The number of carbonyl (C=O) groups is 1. The Kier molecular flexibility index (Phi) is 5.62. The minimum atomic E-state index is 0.0599. The first kappa shape index (κ1) is 18.9. The summed E-state index contributed by atoms with van der Waals surface area (Å²) in [5.41, 5.74) is 3.38. The first-order valence-corrected chi connectivity index (χ1v) is 10.3. The molecule has 28 heavy (non-hydrogen) atoms. The van der Waals surface area contributed by atoms with Gasteiger partial charge in [-0.2, -0.15) is 0 Å². The number of rotatable bonds is 3. The van der Waals surface area contributed by atoms with E-state index < -0.39 is 0 Å². The number of likely N-dealkylation sites (tertiary alicyclic amines) is 1. The molecule has 0 saturated carbocycles. The number of fused-ring (bicyclic) bond motifs is 1. The Morgan fingerprint density at radius 1 is 1.25 bits per heavy atom. The predicted octanol–water partition coefficient (Wildman–Crippen LogP) is 3.73. The molecule has 0 radical (unpaired) electrons. The number of piperidine rings is 1. The number of hydrogen-bond donors (Lipinski definition) is 0. The molecule has 2 aromatic rings. The molecule has 3 heterocycles. The molecule has 2 aliphatic heterocycles. The van der Waals surface area contributed by atoms with Gasteiger partial charge in [-0.25, -0.2) is 0 Å². The molecule has 0 bridgehead atoms. The first-order chi connectivity index (χ1) is 13.6. The number of benzene rings is 1. The average Bonchev–Trinajstić information content (AvgIpc) is 2.85. The van der Waals surface area contributed by atoms with Crippen molar-refractivity contribution >= 4 is 5.91 Å². The SMILES string of the molecule is Cc1ccc2c(c1)CN(CC(=O)N1CCCC[C@@H]1c1ccccn1)C[C@H](C)O2. The van der Waals surface area contributed by atoms with Gasteiger partial charge in [0.05, 0.1) is 18.3 Å². The van der Waals surface area contributed by atoms with Crippen molar-refractivity contribution in [2.45, 2.75) is 51.8 Å². The first-order valence-electron chi connectivity index (χ1n) is 10.3. The number of pyridine rings is 1. The molecule has 5 heteroatoms. The van der Waals surface area contributed by atoms with Crippen molar-refractivity contribution in [1.82, 2.24) is 14.8 Å². The molecular weight excluding hydrogens is 350 g/mol. The Morgan fingerprint density at radius 2 is 2.14 bits per heavy atom.